The third-order valence-electron chi connectivity index (χ3n) is 6.87. The fourth-order valence-electron chi connectivity index (χ4n) is 4.65. The average molecular weight is 433 g/mol. The molecule has 6 nitrogen and oxygen atoms in total. The summed E-state index contributed by atoms with van der Waals surface area (Å²) in [4.78, 5) is 15.2. The lowest BCUT2D eigenvalue weighted by atomic mass is 10.0. The van der Waals surface area contributed by atoms with Crippen molar-refractivity contribution in [3.8, 4) is 0 Å². The predicted octanol–water partition coefficient (Wildman–Crippen LogP) is 4.40. The molecule has 0 unspecified atom stereocenters. The zero-order valence-corrected chi connectivity index (χ0v) is 19.3. The van der Waals surface area contributed by atoms with E-state index >= 15 is 0 Å². The van der Waals surface area contributed by atoms with E-state index in [-0.39, 0.29) is 16.6 Å². The monoisotopic (exact) mass is 432 g/mol. The van der Waals surface area contributed by atoms with E-state index in [2.05, 4.69) is 6.92 Å². The van der Waals surface area contributed by atoms with Crippen LogP contribution in [-0.4, -0.2) is 49.7 Å². The van der Waals surface area contributed by atoms with Crippen LogP contribution in [0.25, 0.3) is 11.0 Å². The van der Waals surface area contributed by atoms with Gasteiger partial charge in [-0.3, -0.25) is 4.79 Å². The molecule has 1 aromatic carbocycles. The van der Waals surface area contributed by atoms with Crippen LogP contribution >= 0.6 is 0 Å². The second-order valence-corrected chi connectivity index (χ2v) is 10.9. The van der Waals surface area contributed by atoms with Gasteiger partial charge in [-0.05, 0) is 76.0 Å². The summed E-state index contributed by atoms with van der Waals surface area (Å²) in [7, 11) is -3.70. The van der Waals surface area contributed by atoms with Crippen molar-refractivity contribution in [1.82, 2.24) is 9.21 Å². The van der Waals surface area contributed by atoms with Gasteiger partial charge in [-0.2, -0.15) is 4.31 Å². The second kappa shape index (κ2) is 8.00. The largest absolute Gasteiger partial charge is 0.449 e. The van der Waals surface area contributed by atoms with Crippen LogP contribution in [0.2, 0.25) is 0 Å². The quantitative estimate of drug-likeness (QED) is 0.721. The van der Waals surface area contributed by atoms with Crippen molar-refractivity contribution in [2.75, 3.05) is 26.2 Å². The topological polar surface area (TPSA) is 70.8 Å². The zero-order chi connectivity index (χ0) is 21.6. The van der Waals surface area contributed by atoms with Gasteiger partial charge in [0.15, 0.2) is 11.3 Å². The molecule has 7 heteroatoms. The van der Waals surface area contributed by atoms with E-state index in [1.165, 1.54) is 0 Å². The van der Waals surface area contributed by atoms with Crippen molar-refractivity contribution in [2.24, 2.45) is 5.92 Å². The van der Waals surface area contributed by atoms with Crippen LogP contribution < -0.4 is 0 Å². The van der Waals surface area contributed by atoms with E-state index in [9.17, 15) is 13.2 Å². The summed E-state index contributed by atoms with van der Waals surface area (Å²) in [6.45, 7) is 10.3. The Morgan fingerprint density at radius 2 is 1.63 bits per heavy atom. The van der Waals surface area contributed by atoms with E-state index < -0.39 is 10.0 Å². The van der Waals surface area contributed by atoms with Crippen molar-refractivity contribution in [2.45, 2.75) is 64.7 Å². The molecule has 0 bridgehead atoms. The molecule has 30 heavy (non-hydrogen) atoms. The van der Waals surface area contributed by atoms with E-state index in [4.69, 9.17) is 4.42 Å². The van der Waals surface area contributed by atoms with Crippen LogP contribution in [0.15, 0.2) is 15.4 Å². The summed E-state index contributed by atoms with van der Waals surface area (Å²) in [5.41, 5.74) is 2.65. The number of hydrogen-bond donors (Lipinski definition) is 0. The number of sulfonamides is 1. The lowest BCUT2D eigenvalue weighted by molar-refractivity contribution is 0.0693. The van der Waals surface area contributed by atoms with Crippen LogP contribution in [0, 0.1) is 26.7 Å². The van der Waals surface area contributed by atoms with Crippen LogP contribution in [-0.2, 0) is 10.0 Å². The molecule has 164 valence electrons. The summed E-state index contributed by atoms with van der Waals surface area (Å²) in [6, 6.07) is 1.95. The van der Waals surface area contributed by atoms with Gasteiger partial charge in [0.05, 0.1) is 0 Å². The van der Waals surface area contributed by atoms with Crippen molar-refractivity contribution in [3.05, 3.63) is 28.5 Å². The Morgan fingerprint density at radius 1 is 1.00 bits per heavy atom. The maximum absolute atomic E-state index is 13.6. The Bertz CT molecular complexity index is 1070. The average Bonchev–Trinajstić information content (AvgIpc) is 3.05. The molecule has 2 fully saturated rings. The number of fused-ring (bicyclic) bond motifs is 1. The number of carbonyl (C=O) groups is 1. The first-order valence-electron chi connectivity index (χ1n) is 11.0. The number of benzene rings is 1. The van der Waals surface area contributed by atoms with Gasteiger partial charge in [0.1, 0.15) is 4.90 Å². The Hall–Kier alpha value is -1.86. The molecule has 4 rings (SSSR count). The van der Waals surface area contributed by atoms with E-state index in [1.807, 2.05) is 31.7 Å². The van der Waals surface area contributed by atoms with Gasteiger partial charge in [0.25, 0.3) is 5.91 Å². The molecule has 2 aliphatic rings. The van der Waals surface area contributed by atoms with Gasteiger partial charge in [-0.25, -0.2) is 8.42 Å². The number of nitrogens with zero attached hydrogens (tertiary/aromatic N) is 2. The van der Waals surface area contributed by atoms with Crippen LogP contribution in [0.5, 0.6) is 0 Å². The molecule has 2 aromatic rings. The number of hydrogen-bond acceptors (Lipinski definition) is 4. The second-order valence-electron chi connectivity index (χ2n) is 9.02. The minimum Gasteiger partial charge on any atom is -0.449 e. The maximum atomic E-state index is 13.6. The highest BCUT2D eigenvalue weighted by Crippen LogP contribution is 2.37. The summed E-state index contributed by atoms with van der Waals surface area (Å²) in [5, 5.41) is 0.724. The lowest BCUT2D eigenvalue weighted by Crippen LogP contribution is -2.38. The number of aryl methyl sites for hydroxylation is 2. The normalized spacial score (nSPS) is 19.5. The third kappa shape index (κ3) is 3.56. The Morgan fingerprint density at radius 3 is 2.27 bits per heavy atom. The first-order chi connectivity index (χ1) is 14.2. The standard InChI is InChI=1S/C23H32N2O4S/c1-15-8-12-25(13-9-15)30(27,28)22-17(3)16(2)14-19-18(4)20(29-21(19)22)23(26)24-10-6-5-7-11-24/h14-15H,5-13H2,1-4H3. The first kappa shape index (κ1) is 21.4. The predicted molar refractivity (Wildman–Crippen MR) is 117 cm³/mol. The number of carbonyl (C=O) groups excluding carboxylic acids is 1. The Kier molecular flexibility index (Phi) is 5.70. The first-order valence-corrected chi connectivity index (χ1v) is 12.5. The van der Waals surface area contributed by atoms with Gasteiger partial charge in [0, 0.05) is 37.1 Å². The van der Waals surface area contributed by atoms with Crippen molar-refractivity contribution >= 4 is 26.9 Å². The number of likely N-dealkylation sites (tertiary alicyclic amines) is 1. The highest BCUT2D eigenvalue weighted by molar-refractivity contribution is 7.89. The summed E-state index contributed by atoms with van der Waals surface area (Å²) in [6.07, 6.45) is 4.86. The minimum atomic E-state index is -3.70. The molecule has 2 aliphatic heterocycles. The van der Waals surface area contributed by atoms with Crippen LogP contribution in [0.4, 0.5) is 0 Å². The van der Waals surface area contributed by atoms with Gasteiger partial charge in [-0.1, -0.05) is 6.92 Å². The number of rotatable bonds is 3. The molecule has 3 heterocycles. The summed E-state index contributed by atoms with van der Waals surface area (Å²) < 4.78 is 35.0. The molecule has 0 spiro atoms. The number of furan rings is 1. The molecule has 0 N–H and O–H groups in total. The Labute approximate surface area is 179 Å². The van der Waals surface area contributed by atoms with Crippen molar-refractivity contribution < 1.29 is 17.6 Å². The van der Waals surface area contributed by atoms with Gasteiger partial charge < -0.3 is 9.32 Å². The molecule has 2 saturated heterocycles. The van der Waals surface area contributed by atoms with Gasteiger partial charge in [-0.15, -0.1) is 0 Å². The molecule has 1 amide bonds. The number of piperidine rings is 2. The molecular weight excluding hydrogens is 400 g/mol. The fraction of sp³-hybridized carbons (Fsp3) is 0.609. The van der Waals surface area contributed by atoms with E-state index in [1.54, 1.807) is 4.31 Å². The van der Waals surface area contributed by atoms with Crippen LogP contribution in [0.3, 0.4) is 0 Å². The molecule has 1 aromatic heterocycles. The van der Waals surface area contributed by atoms with Crippen molar-refractivity contribution in [1.29, 1.82) is 0 Å². The molecule has 0 atom stereocenters. The van der Waals surface area contributed by atoms with E-state index in [0.29, 0.717) is 30.2 Å². The molecule has 0 saturated carbocycles. The lowest BCUT2D eigenvalue weighted by Gasteiger charge is -2.30. The smallest absolute Gasteiger partial charge is 0.289 e. The Balaban J connectivity index is 1.83. The highest BCUT2D eigenvalue weighted by Gasteiger charge is 2.34. The van der Waals surface area contributed by atoms with Crippen LogP contribution in [0.1, 0.15) is 66.3 Å². The number of amides is 1. The maximum Gasteiger partial charge on any atom is 0.289 e. The SMILES string of the molecule is Cc1cc2c(C)c(C(=O)N3CCCCC3)oc2c(S(=O)(=O)N2CCC(C)CC2)c1C. The fourth-order valence-corrected chi connectivity index (χ4v) is 6.54. The minimum absolute atomic E-state index is 0.131. The van der Waals surface area contributed by atoms with Crippen molar-refractivity contribution in [3.63, 3.8) is 0 Å². The van der Waals surface area contributed by atoms with Gasteiger partial charge >= 0.3 is 0 Å². The highest BCUT2D eigenvalue weighted by atomic mass is 32.2. The van der Waals surface area contributed by atoms with E-state index in [0.717, 1.165) is 61.7 Å². The third-order valence-corrected chi connectivity index (χ3v) is 8.92. The summed E-state index contributed by atoms with van der Waals surface area (Å²) >= 11 is 0. The molecule has 0 aliphatic carbocycles. The molecule has 0 radical (unpaired) electrons. The zero-order valence-electron chi connectivity index (χ0n) is 18.5. The molecular formula is C23H32N2O4S. The summed E-state index contributed by atoms with van der Waals surface area (Å²) in [5.74, 6) is 0.684. The van der Waals surface area contributed by atoms with Gasteiger partial charge in [0.2, 0.25) is 10.0 Å².